The molecule has 1 atom stereocenters. The highest BCUT2D eigenvalue weighted by atomic mass is 16.6. The third kappa shape index (κ3) is 6.62. The first-order valence-corrected chi connectivity index (χ1v) is 13.9. The van der Waals surface area contributed by atoms with Gasteiger partial charge in [-0.05, 0) is 76.4 Å². The Hall–Kier alpha value is -4.67. The normalized spacial score (nSPS) is 16.0. The minimum absolute atomic E-state index is 0.0891. The lowest BCUT2D eigenvalue weighted by atomic mass is 10.1. The van der Waals surface area contributed by atoms with Crippen molar-refractivity contribution in [3.8, 4) is 11.5 Å². The summed E-state index contributed by atoms with van der Waals surface area (Å²) in [6.07, 6.45) is 4.10. The Labute approximate surface area is 245 Å². The SMILES string of the molecule is COc1ccc(Nc2nc(N3CCC(C(=O)Nc4ccc(C(=O)OC(C)(C)C)cc4)C3)nc3c2N=CCC3)cc1OC. The van der Waals surface area contributed by atoms with Crippen LogP contribution in [0.1, 0.15) is 49.7 Å². The van der Waals surface area contributed by atoms with Crippen LogP contribution in [-0.2, 0) is 16.0 Å². The summed E-state index contributed by atoms with van der Waals surface area (Å²) in [5, 5.41) is 6.35. The van der Waals surface area contributed by atoms with Crippen LogP contribution in [-0.4, -0.2) is 61.0 Å². The van der Waals surface area contributed by atoms with Crippen molar-refractivity contribution >= 4 is 46.9 Å². The number of anilines is 4. The molecule has 0 saturated carbocycles. The van der Waals surface area contributed by atoms with Gasteiger partial charge >= 0.3 is 5.97 Å². The average Bonchev–Trinajstić information content (AvgIpc) is 3.47. The van der Waals surface area contributed by atoms with Crippen LogP contribution in [0.4, 0.5) is 28.8 Å². The van der Waals surface area contributed by atoms with Crippen molar-refractivity contribution in [3.63, 3.8) is 0 Å². The number of rotatable bonds is 8. The number of methoxy groups -OCH3 is 2. The lowest BCUT2D eigenvalue weighted by molar-refractivity contribution is -0.119. The molecule has 0 aliphatic carbocycles. The van der Waals surface area contributed by atoms with E-state index in [9.17, 15) is 9.59 Å². The fraction of sp³-hybridized carbons (Fsp3) is 0.387. The molecule has 1 amide bonds. The van der Waals surface area contributed by atoms with Gasteiger partial charge in [0.25, 0.3) is 0 Å². The van der Waals surface area contributed by atoms with Crippen molar-refractivity contribution in [1.82, 2.24) is 9.97 Å². The molecule has 1 aromatic heterocycles. The average molecular weight is 573 g/mol. The van der Waals surface area contributed by atoms with E-state index in [1.807, 2.05) is 50.1 Å². The number of hydrogen-bond donors (Lipinski definition) is 2. The van der Waals surface area contributed by atoms with E-state index >= 15 is 0 Å². The minimum atomic E-state index is -0.576. The topological polar surface area (TPSA) is 127 Å². The summed E-state index contributed by atoms with van der Waals surface area (Å²) in [5.41, 5.74) is 2.83. The number of nitrogens with zero attached hydrogens (tertiary/aromatic N) is 4. The lowest BCUT2D eigenvalue weighted by Gasteiger charge is -2.21. The minimum Gasteiger partial charge on any atom is -0.493 e. The van der Waals surface area contributed by atoms with Crippen LogP contribution in [0.15, 0.2) is 47.5 Å². The van der Waals surface area contributed by atoms with Crippen LogP contribution >= 0.6 is 0 Å². The Morgan fingerprint density at radius 3 is 2.43 bits per heavy atom. The van der Waals surface area contributed by atoms with Crippen molar-refractivity contribution in [2.75, 3.05) is 42.8 Å². The van der Waals surface area contributed by atoms with E-state index in [2.05, 4.69) is 15.6 Å². The fourth-order valence-electron chi connectivity index (χ4n) is 4.86. The maximum absolute atomic E-state index is 13.1. The molecule has 2 N–H and O–H groups in total. The van der Waals surface area contributed by atoms with Gasteiger partial charge in [-0.25, -0.2) is 9.78 Å². The Morgan fingerprint density at radius 1 is 0.976 bits per heavy atom. The van der Waals surface area contributed by atoms with Crippen LogP contribution in [0.2, 0.25) is 0 Å². The number of carbonyl (C=O) groups excluding carboxylic acids is 2. The number of benzene rings is 2. The van der Waals surface area contributed by atoms with Crippen molar-refractivity contribution in [2.45, 2.75) is 45.6 Å². The zero-order chi connectivity index (χ0) is 29.9. The van der Waals surface area contributed by atoms with Crippen LogP contribution in [0.5, 0.6) is 11.5 Å². The van der Waals surface area contributed by atoms with Gasteiger partial charge in [0, 0.05) is 36.7 Å². The molecule has 5 rings (SSSR count). The second-order valence-electron chi connectivity index (χ2n) is 11.2. The maximum Gasteiger partial charge on any atom is 0.338 e. The quantitative estimate of drug-likeness (QED) is 0.345. The standard InChI is InChI=1S/C31H36N6O5/c1-31(2,3)42-29(39)19-8-10-21(11-9-19)34-28(38)20-14-16-37(18-20)30-35-23-7-6-15-32-26(23)27(36-30)33-22-12-13-24(40-4)25(17-22)41-5/h8-13,15,17,20H,6-7,14,16,18H2,1-5H3,(H,34,38)(H,33,35,36). The molecule has 0 bridgehead atoms. The summed E-state index contributed by atoms with van der Waals surface area (Å²) < 4.78 is 16.2. The van der Waals surface area contributed by atoms with Crippen LogP contribution in [0.25, 0.3) is 0 Å². The number of ether oxygens (including phenoxy) is 3. The summed E-state index contributed by atoms with van der Waals surface area (Å²) in [4.78, 5) is 41.7. The molecule has 1 saturated heterocycles. The number of aromatic nitrogens is 2. The second-order valence-corrected chi connectivity index (χ2v) is 11.2. The number of aliphatic imine (C=N–C) groups is 1. The molecule has 220 valence electrons. The van der Waals surface area contributed by atoms with Gasteiger partial charge in [-0.15, -0.1) is 0 Å². The van der Waals surface area contributed by atoms with E-state index in [1.54, 1.807) is 38.5 Å². The predicted octanol–water partition coefficient (Wildman–Crippen LogP) is 5.31. The Balaban J connectivity index is 1.28. The van der Waals surface area contributed by atoms with Gasteiger partial charge in [-0.1, -0.05) is 0 Å². The molecule has 0 radical (unpaired) electrons. The number of amides is 1. The molecule has 2 aliphatic rings. The Bertz CT molecular complexity index is 1500. The smallest absolute Gasteiger partial charge is 0.338 e. The van der Waals surface area contributed by atoms with E-state index in [0.717, 1.165) is 24.2 Å². The largest absolute Gasteiger partial charge is 0.493 e. The number of esters is 1. The molecule has 1 fully saturated rings. The molecular formula is C31H36N6O5. The van der Waals surface area contributed by atoms with Gasteiger partial charge in [-0.3, -0.25) is 9.79 Å². The highest BCUT2D eigenvalue weighted by molar-refractivity contribution is 5.95. The first-order valence-electron chi connectivity index (χ1n) is 13.9. The molecule has 0 spiro atoms. The van der Waals surface area contributed by atoms with Gasteiger partial charge < -0.3 is 29.7 Å². The molecule has 3 aromatic rings. The van der Waals surface area contributed by atoms with E-state index < -0.39 is 11.6 Å². The summed E-state index contributed by atoms with van der Waals surface area (Å²) >= 11 is 0. The summed E-state index contributed by atoms with van der Waals surface area (Å²) in [7, 11) is 3.19. The summed E-state index contributed by atoms with van der Waals surface area (Å²) in [6, 6.07) is 12.3. The molecule has 1 unspecified atom stereocenters. The molecule has 2 aromatic carbocycles. The number of hydrogen-bond acceptors (Lipinski definition) is 10. The van der Waals surface area contributed by atoms with Crippen LogP contribution in [0.3, 0.4) is 0 Å². The Morgan fingerprint density at radius 2 is 1.71 bits per heavy atom. The predicted molar refractivity (Wildman–Crippen MR) is 162 cm³/mol. The monoisotopic (exact) mass is 572 g/mol. The fourth-order valence-corrected chi connectivity index (χ4v) is 4.86. The first kappa shape index (κ1) is 28.8. The van der Waals surface area contributed by atoms with Gasteiger partial charge in [0.15, 0.2) is 17.3 Å². The van der Waals surface area contributed by atoms with Gasteiger partial charge in [0.1, 0.15) is 11.3 Å². The molecule has 11 heteroatoms. The molecule has 3 heterocycles. The van der Waals surface area contributed by atoms with Gasteiger partial charge in [-0.2, -0.15) is 4.98 Å². The highest BCUT2D eigenvalue weighted by Gasteiger charge is 2.31. The van der Waals surface area contributed by atoms with Crippen LogP contribution in [0, 0.1) is 5.92 Å². The second kappa shape index (κ2) is 12.1. The zero-order valence-electron chi connectivity index (χ0n) is 24.6. The molecule has 11 nitrogen and oxygen atoms in total. The summed E-state index contributed by atoms with van der Waals surface area (Å²) in [5.74, 6) is 1.66. The number of fused-ring (bicyclic) bond motifs is 1. The van der Waals surface area contributed by atoms with Crippen LogP contribution < -0.4 is 25.0 Å². The van der Waals surface area contributed by atoms with E-state index in [1.165, 1.54) is 0 Å². The van der Waals surface area contributed by atoms with Crippen molar-refractivity contribution in [1.29, 1.82) is 0 Å². The van der Waals surface area contributed by atoms with E-state index in [0.29, 0.717) is 59.7 Å². The van der Waals surface area contributed by atoms with Gasteiger partial charge in [0.2, 0.25) is 11.9 Å². The van der Waals surface area contributed by atoms with Gasteiger partial charge in [0.05, 0.1) is 31.4 Å². The van der Waals surface area contributed by atoms with E-state index in [4.69, 9.17) is 24.2 Å². The highest BCUT2D eigenvalue weighted by Crippen LogP contribution is 2.37. The van der Waals surface area contributed by atoms with Crippen molar-refractivity contribution in [2.24, 2.45) is 10.9 Å². The third-order valence-corrected chi connectivity index (χ3v) is 6.95. The Kier molecular flexibility index (Phi) is 8.28. The summed E-state index contributed by atoms with van der Waals surface area (Å²) in [6.45, 7) is 6.60. The van der Waals surface area contributed by atoms with Crippen molar-refractivity contribution in [3.05, 3.63) is 53.7 Å². The first-order chi connectivity index (χ1) is 20.1. The van der Waals surface area contributed by atoms with E-state index in [-0.39, 0.29) is 11.8 Å². The van der Waals surface area contributed by atoms with Crippen molar-refractivity contribution < 1.29 is 23.8 Å². The number of carbonyl (C=O) groups is 2. The number of nitrogens with one attached hydrogen (secondary N) is 2. The number of aryl methyl sites for hydroxylation is 1. The lowest BCUT2D eigenvalue weighted by Crippen LogP contribution is -2.28. The third-order valence-electron chi connectivity index (χ3n) is 6.95. The molecule has 2 aliphatic heterocycles. The maximum atomic E-state index is 13.1. The molecule has 42 heavy (non-hydrogen) atoms. The zero-order valence-corrected chi connectivity index (χ0v) is 24.6. The molecular weight excluding hydrogens is 536 g/mol.